The van der Waals surface area contributed by atoms with Crippen molar-refractivity contribution in [2.24, 2.45) is 0 Å². The van der Waals surface area contributed by atoms with Gasteiger partial charge in [0, 0.05) is 37.1 Å². The fourth-order valence-corrected chi connectivity index (χ4v) is 5.88. The molecule has 2 aliphatic rings. The standard InChI is InChI=1S/C22H24F6N8OS/c1-2-3-13-8-14-17(34-6-7-36-15(11-34)32-33-19(36)22(26,27)28)30-20(31-18(14)38-13)35-5-4-12(10-35)29-16(37)9-21(23,24)25/h8,12H,2-7,9-11H2,1H3,(H,29,37). The van der Waals surface area contributed by atoms with Gasteiger partial charge in [-0.2, -0.15) is 31.3 Å². The van der Waals surface area contributed by atoms with Crippen molar-refractivity contribution in [3.63, 3.8) is 0 Å². The smallest absolute Gasteiger partial charge is 0.351 e. The van der Waals surface area contributed by atoms with Crippen molar-refractivity contribution in [1.82, 2.24) is 30.0 Å². The molecule has 206 valence electrons. The molecule has 0 radical (unpaired) electrons. The SMILES string of the molecule is CCCc1cc2c(N3CCn4c(nnc4C(F)(F)F)C3)nc(N3CCC(NC(=O)CC(F)(F)F)C3)nc2s1. The van der Waals surface area contributed by atoms with Crippen LogP contribution >= 0.6 is 11.3 Å². The van der Waals surface area contributed by atoms with Gasteiger partial charge in [0.15, 0.2) is 5.82 Å². The highest BCUT2D eigenvalue weighted by atomic mass is 32.1. The molecule has 38 heavy (non-hydrogen) atoms. The van der Waals surface area contributed by atoms with E-state index in [-0.39, 0.29) is 32.0 Å². The van der Waals surface area contributed by atoms with Gasteiger partial charge >= 0.3 is 12.4 Å². The van der Waals surface area contributed by atoms with E-state index in [4.69, 9.17) is 9.97 Å². The molecule has 1 fully saturated rings. The number of carbonyl (C=O) groups excluding carboxylic acids is 1. The highest BCUT2D eigenvalue weighted by molar-refractivity contribution is 7.18. The second-order valence-electron chi connectivity index (χ2n) is 9.33. The molecule has 0 bridgehead atoms. The molecule has 1 N–H and O–H groups in total. The molecule has 0 aliphatic carbocycles. The summed E-state index contributed by atoms with van der Waals surface area (Å²) in [7, 11) is 0. The lowest BCUT2D eigenvalue weighted by molar-refractivity contribution is -0.154. The summed E-state index contributed by atoms with van der Waals surface area (Å²) in [6.45, 7) is 3.07. The van der Waals surface area contributed by atoms with Gasteiger partial charge in [-0.3, -0.25) is 4.79 Å². The van der Waals surface area contributed by atoms with Crippen LogP contribution in [0.2, 0.25) is 0 Å². The highest BCUT2D eigenvalue weighted by Crippen LogP contribution is 2.36. The number of aromatic nitrogens is 5. The van der Waals surface area contributed by atoms with E-state index in [9.17, 15) is 31.1 Å². The van der Waals surface area contributed by atoms with Crippen LogP contribution in [0.1, 0.15) is 42.7 Å². The van der Waals surface area contributed by atoms with Gasteiger partial charge in [-0.25, -0.2) is 4.98 Å². The van der Waals surface area contributed by atoms with Gasteiger partial charge in [0.2, 0.25) is 17.7 Å². The Kier molecular flexibility index (Phi) is 6.86. The second kappa shape index (κ2) is 9.85. The number of alkyl halides is 6. The van der Waals surface area contributed by atoms with Crippen molar-refractivity contribution < 1.29 is 31.1 Å². The minimum Gasteiger partial charge on any atom is -0.351 e. The van der Waals surface area contributed by atoms with Crippen molar-refractivity contribution in [2.75, 3.05) is 29.4 Å². The number of carbonyl (C=O) groups is 1. The van der Waals surface area contributed by atoms with Crippen LogP contribution in [0, 0.1) is 0 Å². The molecule has 1 unspecified atom stereocenters. The van der Waals surface area contributed by atoms with E-state index in [0.29, 0.717) is 29.6 Å². The minimum absolute atomic E-state index is 0.0288. The van der Waals surface area contributed by atoms with Crippen molar-refractivity contribution in [1.29, 1.82) is 0 Å². The van der Waals surface area contributed by atoms with Crippen LogP contribution < -0.4 is 15.1 Å². The molecule has 2 aliphatic heterocycles. The van der Waals surface area contributed by atoms with Crippen molar-refractivity contribution in [3.05, 3.63) is 22.6 Å². The fraction of sp³-hybridized carbons (Fsp3) is 0.591. The first-order chi connectivity index (χ1) is 17.9. The van der Waals surface area contributed by atoms with Crippen LogP contribution in [0.15, 0.2) is 6.07 Å². The number of thiophene rings is 1. The Bertz CT molecular complexity index is 1340. The summed E-state index contributed by atoms with van der Waals surface area (Å²) in [4.78, 5) is 26.7. The number of nitrogens with one attached hydrogen (secondary N) is 1. The lowest BCUT2D eigenvalue weighted by Crippen LogP contribution is -2.39. The molecule has 1 saturated heterocycles. The predicted octanol–water partition coefficient (Wildman–Crippen LogP) is 3.92. The lowest BCUT2D eigenvalue weighted by Gasteiger charge is -2.30. The molecule has 9 nitrogen and oxygen atoms in total. The number of amides is 1. The maximum atomic E-state index is 13.3. The molecular weight excluding hydrogens is 538 g/mol. The molecule has 16 heteroatoms. The fourth-order valence-electron chi connectivity index (χ4n) is 4.77. The van der Waals surface area contributed by atoms with Crippen molar-refractivity contribution in [2.45, 2.75) is 64.1 Å². The number of fused-ring (bicyclic) bond motifs is 2. The first-order valence-corrected chi connectivity index (χ1v) is 12.9. The summed E-state index contributed by atoms with van der Waals surface area (Å²) in [5.74, 6) is -1.03. The molecular formula is C22H24F6N8OS. The number of hydrogen-bond acceptors (Lipinski definition) is 8. The van der Waals surface area contributed by atoms with E-state index in [1.807, 2.05) is 11.0 Å². The van der Waals surface area contributed by atoms with E-state index >= 15 is 0 Å². The third-order valence-corrected chi connectivity index (χ3v) is 7.50. The highest BCUT2D eigenvalue weighted by Gasteiger charge is 2.40. The number of halogens is 6. The summed E-state index contributed by atoms with van der Waals surface area (Å²) >= 11 is 1.50. The summed E-state index contributed by atoms with van der Waals surface area (Å²) in [6, 6.07) is 1.51. The zero-order valence-corrected chi connectivity index (χ0v) is 21.0. The Morgan fingerprint density at radius 2 is 1.89 bits per heavy atom. The Labute approximate surface area is 216 Å². The Morgan fingerprint density at radius 3 is 2.61 bits per heavy atom. The zero-order chi connectivity index (χ0) is 27.2. The van der Waals surface area contributed by atoms with Crippen molar-refractivity contribution >= 4 is 39.2 Å². The first kappa shape index (κ1) is 26.4. The molecule has 5 rings (SSSR count). The second-order valence-corrected chi connectivity index (χ2v) is 10.4. The Morgan fingerprint density at radius 1 is 1.11 bits per heavy atom. The van der Waals surface area contributed by atoms with E-state index in [1.165, 1.54) is 11.3 Å². The van der Waals surface area contributed by atoms with Crippen LogP contribution in [0.5, 0.6) is 0 Å². The maximum absolute atomic E-state index is 13.3. The molecule has 3 aromatic rings. The molecule has 1 atom stereocenters. The summed E-state index contributed by atoms with van der Waals surface area (Å²) in [5.41, 5.74) is 0. The van der Waals surface area contributed by atoms with Gasteiger partial charge in [0.25, 0.3) is 0 Å². The molecule has 3 aromatic heterocycles. The van der Waals surface area contributed by atoms with Crippen LogP contribution in [-0.2, 0) is 30.5 Å². The minimum atomic E-state index is -4.60. The van der Waals surface area contributed by atoms with Crippen LogP contribution in [0.25, 0.3) is 10.2 Å². The number of hydrogen-bond donors (Lipinski definition) is 1. The van der Waals surface area contributed by atoms with Crippen LogP contribution in [0.3, 0.4) is 0 Å². The van der Waals surface area contributed by atoms with Gasteiger partial charge in [0.05, 0.1) is 11.9 Å². The summed E-state index contributed by atoms with van der Waals surface area (Å²) in [5, 5.41) is 10.3. The maximum Gasteiger partial charge on any atom is 0.451 e. The van der Waals surface area contributed by atoms with E-state index in [1.54, 1.807) is 4.90 Å². The normalized spacial score (nSPS) is 18.3. The van der Waals surface area contributed by atoms with E-state index < -0.39 is 36.5 Å². The predicted molar refractivity (Wildman–Crippen MR) is 127 cm³/mol. The summed E-state index contributed by atoms with van der Waals surface area (Å²) in [6.07, 6.45) is -8.55. The van der Waals surface area contributed by atoms with Gasteiger partial charge < -0.3 is 19.7 Å². The third kappa shape index (κ3) is 5.49. The molecule has 5 heterocycles. The summed E-state index contributed by atoms with van der Waals surface area (Å²) < 4.78 is 78.6. The molecule has 0 aromatic carbocycles. The zero-order valence-electron chi connectivity index (χ0n) is 20.2. The van der Waals surface area contributed by atoms with Gasteiger partial charge in [-0.1, -0.05) is 13.3 Å². The number of aryl methyl sites for hydroxylation is 1. The van der Waals surface area contributed by atoms with Crippen LogP contribution in [0.4, 0.5) is 38.1 Å². The number of rotatable bonds is 6. The van der Waals surface area contributed by atoms with Gasteiger partial charge in [-0.05, 0) is 18.9 Å². The average molecular weight is 563 g/mol. The Balaban J connectivity index is 1.42. The largest absolute Gasteiger partial charge is 0.451 e. The van der Waals surface area contributed by atoms with Crippen molar-refractivity contribution in [3.8, 4) is 0 Å². The van der Waals surface area contributed by atoms with E-state index in [2.05, 4.69) is 22.4 Å². The van der Waals surface area contributed by atoms with Crippen LogP contribution in [-0.4, -0.2) is 62.5 Å². The Hall–Kier alpha value is -3.17. The number of nitrogens with zero attached hydrogens (tertiary/aromatic N) is 7. The molecule has 1 amide bonds. The first-order valence-electron chi connectivity index (χ1n) is 12.1. The quantitative estimate of drug-likeness (QED) is 0.456. The van der Waals surface area contributed by atoms with Gasteiger partial charge in [0.1, 0.15) is 17.1 Å². The molecule has 0 saturated carbocycles. The number of anilines is 2. The monoisotopic (exact) mass is 562 g/mol. The third-order valence-electron chi connectivity index (χ3n) is 6.41. The van der Waals surface area contributed by atoms with Gasteiger partial charge in [-0.15, -0.1) is 21.5 Å². The topological polar surface area (TPSA) is 92.1 Å². The average Bonchev–Trinajstić information content (AvgIpc) is 3.54. The van der Waals surface area contributed by atoms with E-state index in [0.717, 1.165) is 27.7 Å². The molecule has 0 spiro atoms. The lowest BCUT2D eigenvalue weighted by atomic mass is 10.2.